The predicted molar refractivity (Wildman–Crippen MR) is 119 cm³/mol. The second kappa shape index (κ2) is 10.5. The lowest BCUT2D eigenvalue weighted by Crippen LogP contribution is -2.49. The molecule has 0 bridgehead atoms. The smallest absolute Gasteiger partial charge is 0.222 e. The number of carbonyl (C=O) groups is 1. The van der Waals surface area contributed by atoms with Gasteiger partial charge in [-0.2, -0.15) is 0 Å². The van der Waals surface area contributed by atoms with Crippen molar-refractivity contribution >= 4 is 5.91 Å². The average Bonchev–Trinajstić information content (AvgIpc) is 2.71. The summed E-state index contributed by atoms with van der Waals surface area (Å²) in [6.07, 6.45) is 7.76. The first kappa shape index (κ1) is 22.1. The van der Waals surface area contributed by atoms with E-state index in [9.17, 15) is 4.79 Å². The maximum atomic E-state index is 12.2. The molecular formula is C25H40N2O2. The molecule has 3 rings (SSSR count). The van der Waals surface area contributed by atoms with Crippen LogP contribution in [0, 0.1) is 11.3 Å². The van der Waals surface area contributed by atoms with E-state index in [0.29, 0.717) is 23.7 Å². The van der Waals surface area contributed by atoms with Gasteiger partial charge < -0.3 is 9.64 Å². The molecular weight excluding hydrogens is 360 g/mol. The monoisotopic (exact) mass is 400 g/mol. The lowest BCUT2D eigenvalue weighted by Gasteiger charge is -2.45. The molecule has 162 valence electrons. The minimum Gasteiger partial charge on any atom is -0.492 e. The van der Waals surface area contributed by atoms with E-state index < -0.39 is 0 Å². The number of fused-ring (bicyclic) bond motifs is 1. The lowest BCUT2D eigenvalue weighted by molar-refractivity contribution is -0.133. The summed E-state index contributed by atoms with van der Waals surface area (Å²) in [6, 6.07) is 8.55. The van der Waals surface area contributed by atoms with Crippen molar-refractivity contribution in [1.29, 1.82) is 0 Å². The number of nitrogens with zero attached hydrogens (tertiary/aromatic N) is 2. The highest BCUT2D eigenvalue weighted by Gasteiger charge is 2.36. The fourth-order valence-electron chi connectivity index (χ4n) is 5.12. The van der Waals surface area contributed by atoms with Gasteiger partial charge in [-0.05, 0) is 55.1 Å². The third-order valence-corrected chi connectivity index (χ3v) is 6.70. The number of likely N-dealkylation sites (tertiary alicyclic amines) is 1. The Bertz CT molecular complexity index is 650. The average molecular weight is 401 g/mol. The Labute approximate surface area is 177 Å². The molecule has 2 aliphatic rings. The molecule has 0 N–H and O–H groups in total. The first-order valence-electron chi connectivity index (χ1n) is 11.7. The van der Waals surface area contributed by atoms with Crippen LogP contribution >= 0.6 is 0 Å². The Hall–Kier alpha value is -1.55. The van der Waals surface area contributed by atoms with E-state index in [1.807, 2.05) is 6.92 Å². The molecule has 29 heavy (non-hydrogen) atoms. The summed E-state index contributed by atoms with van der Waals surface area (Å²) in [6.45, 7) is 12.4. The molecule has 1 amide bonds. The zero-order chi connectivity index (χ0) is 20.7. The van der Waals surface area contributed by atoms with Gasteiger partial charge in [0.1, 0.15) is 12.4 Å². The van der Waals surface area contributed by atoms with Crippen molar-refractivity contribution in [2.45, 2.75) is 65.7 Å². The first-order valence-corrected chi connectivity index (χ1v) is 11.7. The standard InChI is InChI=1S/C25H40N2O2/c1-4-24(28)27-15-13-25(14-16-27)12-8-7-10-22-9-5-6-11-23(22)29-18-17-26(20-25)19-21(2)3/h5-6,9,11,21H,4,7-8,10,12-20H2,1-3H3. The van der Waals surface area contributed by atoms with Crippen LogP contribution in [0.1, 0.15) is 64.9 Å². The Kier molecular flexibility index (Phi) is 7.99. The molecule has 1 aromatic carbocycles. The normalized spacial score (nSPS) is 21.2. The highest BCUT2D eigenvalue weighted by atomic mass is 16.5. The number of hydrogen-bond acceptors (Lipinski definition) is 3. The number of hydrogen-bond donors (Lipinski definition) is 0. The number of piperidine rings is 1. The Morgan fingerprint density at radius 3 is 2.59 bits per heavy atom. The summed E-state index contributed by atoms with van der Waals surface area (Å²) in [5.41, 5.74) is 1.69. The summed E-state index contributed by atoms with van der Waals surface area (Å²) in [5.74, 6) is 2.03. The van der Waals surface area contributed by atoms with Gasteiger partial charge in [0.05, 0.1) is 0 Å². The predicted octanol–water partition coefficient (Wildman–Crippen LogP) is 4.77. The summed E-state index contributed by atoms with van der Waals surface area (Å²) in [5, 5.41) is 0. The second-order valence-corrected chi connectivity index (χ2v) is 9.53. The van der Waals surface area contributed by atoms with Gasteiger partial charge in [-0.1, -0.05) is 45.4 Å². The van der Waals surface area contributed by atoms with Crippen molar-refractivity contribution < 1.29 is 9.53 Å². The molecule has 0 radical (unpaired) electrons. The number of amides is 1. The van der Waals surface area contributed by atoms with Crippen LogP contribution in [0.5, 0.6) is 5.75 Å². The molecule has 0 unspecified atom stereocenters. The van der Waals surface area contributed by atoms with Crippen LogP contribution in [0.4, 0.5) is 0 Å². The number of carbonyl (C=O) groups excluding carboxylic acids is 1. The topological polar surface area (TPSA) is 32.8 Å². The Morgan fingerprint density at radius 2 is 1.86 bits per heavy atom. The molecule has 2 aliphatic heterocycles. The molecule has 4 heteroatoms. The Morgan fingerprint density at radius 1 is 1.10 bits per heavy atom. The molecule has 0 atom stereocenters. The number of para-hydroxylation sites is 1. The van der Waals surface area contributed by atoms with Crippen molar-refractivity contribution in [3.05, 3.63) is 29.8 Å². The summed E-state index contributed by atoms with van der Waals surface area (Å²) in [7, 11) is 0. The largest absolute Gasteiger partial charge is 0.492 e. The van der Waals surface area contributed by atoms with Crippen molar-refractivity contribution in [3.8, 4) is 5.75 Å². The number of ether oxygens (including phenoxy) is 1. The van der Waals surface area contributed by atoms with Gasteiger partial charge in [0.15, 0.2) is 0 Å². The van der Waals surface area contributed by atoms with Crippen molar-refractivity contribution in [2.24, 2.45) is 11.3 Å². The molecule has 1 spiro atoms. The summed E-state index contributed by atoms with van der Waals surface area (Å²) in [4.78, 5) is 16.9. The van der Waals surface area contributed by atoms with Crippen molar-refractivity contribution in [1.82, 2.24) is 9.80 Å². The molecule has 1 aromatic rings. The van der Waals surface area contributed by atoms with Crippen LogP contribution in [-0.4, -0.2) is 55.0 Å². The van der Waals surface area contributed by atoms with E-state index in [4.69, 9.17) is 4.74 Å². The van der Waals surface area contributed by atoms with Gasteiger partial charge in [0.2, 0.25) is 5.91 Å². The second-order valence-electron chi connectivity index (χ2n) is 9.53. The van der Waals surface area contributed by atoms with Crippen LogP contribution in [-0.2, 0) is 11.2 Å². The van der Waals surface area contributed by atoms with Crippen molar-refractivity contribution in [2.75, 3.05) is 39.3 Å². The minimum absolute atomic E-state index is 0.317. The minimum atomic E-state index is 0.317. The third kappa shape index (κ3) is 6.21. The summed E-state index contributed by atoms with van der Waals surface area (Å²) < 4.78 is 6.22. The number of benzene rings is 1. The Balaban J connectivity index is 1.73. The number of aryl methyl sites for hydroxylation is 1. The van der Waals surface area contributed by atoms with E-state index in [2.05, 4.69) is 47.9 Å². The van der Waals surface area contributed by atoms with Gasteiger partial charge in [-0.25, -0.2) is 0 Å². The highest BCUT2D eigenvalue weighted by Crippen LogP contribution is 2.38. The zero-order valence-electron chi connectivity index (χ0n) is 18.8. The number of rotatable bonds is 3. The van der Waals surface area contributed by atoms with Gasteiger partial charge in [0.25, 0.3) is 0 Å². The fraction of sp³-hybridized carbons (Fsp3) is 0.720. The van der Waals surface area contributed by atoms with Crippen molar-refractivity contribution in [3.63, 3.8) is 0 Å². The van der Waals surface area contributed by atoms with Gasteiger partial charge in [-0.3, -0.25) is 9.69 Å². The third-order valence-electron chi connectivity index (χ3n) is 6.70. The van der Waals surface area contributed by atoms with E-state index in [1.165, 1.54) is 24.8 Å². The molecule has 0 aromatic heterocycles. The fourth-order valence-corrected chi connectivity index (χ4v) is 5.12. The molecule has 0 saturated carbocycles. The van der Waals surface area contributed by atoms with Crippen LogP contribution < -0.4 is 4.74 Å². The molecule has 1 saturated heterocycles. The molecule has 0 aliphatic carbocycles. The molecule has 4 nitrogen and oxygen atoms in total. The molecule has 2 heterocycles. The highest BCUT2D eigenvalue weighted by molar-refractivity contribution is 5.75. The first-order chi connectivity index (χ1) is 14.0. The van der Waals surface area contributed by atoms with E-state index in [-0.39, 0.29) is 0 Å². The van der Waals surface area contributed by atoms with E-state index >= 15 is 0 Å². The van der Waals surface area contributed by atoms with Crippen LogP contribution in [0.25, 0.3) is 0 Å². The SMILES string of the molecule is CCC(=O)N1CCC2(CCCCc3ccccc3OCCN(CC(C)C)C2)CC1. The van der Waals surface area contributed by atoms with E-state index in [0.717, 1.165) is 64.3 Å². The zero-order valence-corrected chi connectivity index (χ0v) is 18.8. The van der Waals surface area contributed by atoms with Gasteiger partial charge in [0, 0.05) is 39.1 Å². The maximum absolute atomic E-state index is 12.2. The molecule has 1 fully saturated rings. The van der Waals surface area contributed by atoms with Crippen LogP contribution in [0.3, 0.4) is 0 Å². The quantitative estimate of drug-likeness (QED) is 0.733. The van der Waals surface area contributed by atoms with Crippen LogP contribution in [0.15, 0.2) is 24.3 Å². The van der Waals surface area contributed by atoms with E-state index in [1.54, 1.807) is 0 Å². The maximum Gasteiger partial charge on any atom is 0.222 e. The summed E-state index contributed by atoms with van der Waals surface area (Å²) >= 11 is 0. The van der Waals surface area contributed by atoms with Gasteiger partial charge in [-0.15, -0.1) is 0 Å². The van der Waals surface area contributed by atoms with Gasteiger partial charge >= 0.3 is 0 Å². The lowest BCUT2D eigenvalue weighted by atomic mass is 9.73. The van der Waals surface area contributed by atoms with Crippen LogP contribution in [0.2, 0.25) is 0 Å².